The van der Waals surface area contributed by atoms with E-state index < -0.39 is 9.84 Å². The van der Waals surface area contributed by atoms with Gasteiger partial charge < -0.3 is 4.42 Å². The Labute approximate surface area is 221 Å². The fourth-order valence-electron chi connectivity index (χ4n) is 5.13. The number of rotatable bonds is 6. The molecule has 5 heteroatoms. The standard InChI is InChI=1S/C32H26O3S2/c1-3-27-24(19-28(36-27)21-13-7-5-8-14-21)32-31(23-17-11-12-18-26(23)35-32)25-20-30(22-15-9-6-10-16-22)37(33,34)29(25)4-2/h5-20H,3-4H2,1-2H3. The highest BCUT2D eigenvalue weighted by atomic mass is 32.2. The fourth-order valence-corrected chi connectivity index (χ4v) is 8.05. The average Bonchev–Trinajstić information content (AvgIpc) is 3.60. The Bertz CT molecular complexity index is 1780. The maximum atomic E-state index is 13.8. The number of benzene rings is 3. The number of thiophene rings is 1. The van der Waals surface area contributed by atoms with E-state index in [9.17, 15) is 8.42 Å². The van der Waals surface area contributed by atoms with E-state index in [1.165, 1.54) is 9.75 Å². The maximum absolute atomic E-state index is 13.8. The molecule has 0 saturated carbocycles. The summed E-state index contributed by atoms with van der Waals surface area (Å²) < 4.78 is 34.1. The number of hydrogen-bond acceptors (Lipinski definition) is 4. The third-order valence-electron chi connectivity index (χ3n) is 6.87. The first kappa shape index (κ1) is 23.7. The van der Waals surface area contributed by atoms with Gasteiger partial charge in [-0.05, 0) is 42.2 Å². The summed E-state index contributed by atoms with van der Waals surface area (Å²) in [5.41, 5.74) is 5.23. The molecule has 6 rings (SSSR count). The highest BCUT2D eigenvalue weighted by molar-refractivity contribution is 8.04. The molecule has 1 aliphatic rings. The maximum Gasteiger partial charge on any atom is 0.203 e. The van der Waals surface area contributed by atoms with Crippen LogP contribution in [-0.4, -0.2) is 8.42 Å². The Kier molecular flexibility index (Phi) is 5.98. The molecule has 0 saturated heterocycles. The summed E-state index contributed by atoms with van der Waals surface area (Å²) in [7, 11) is -3.63. The van der Waals surface area contributed by atoms with E-state index in [2.05, 4.69) is 25.1 Å². The molecular formula is C32H26O3S2. The first-order valence-corrected chi connectivity index (χ1v) is 14.8. The summed E-state index contributed by atoms with van der Waals surface area (Å²) in [5.74, 6) is 0.734. The zero-order chi connectivity index (χ0) is 25.6. The molecular weight excluding hydrogens is 496 g/mol. The van der Waals surface area contributed by atoms with Crippen LogP contribution in [0.3, 0.4) is 0 Å². The minimum atomic E-state index is -3.63. The van der Waals surface area contributed by atoms with Crippen molar-refractivity contribution < 1.29 is 12.8 Å². The molecule has 2 aromatic heterocycles. The lowest BCUT2D eigenvalue weighted by Gasteiger charge is -2.08. The second-order valence-corrected chi connectivity index (χ2v) is 12.1. The average molecular weight is 523 g/mol. The SMILES string of the molecule is CCC1=C(c2c(-c3cc(-c4ccccc4)sc3CC)oc3ccccc23)C=C(c2ccccc2)S1(=O)=O. The van der Waals surface area contributed by atoms with Gasteiger partial charge in [-0.3, -0.25) is 0 Å². The zero-order valence-electron chi connectivity index (χ0n) is 20.7. The van der Waals surface area contributed by atoms with Crippen molar-refractivity contribution in [1.82, 2.24) is 0 Å². The summed E-state index contributed by atoms with van der Waals surface area (Å²) in [5, 5.41) is 0.925. The van der Waals surface area contributed by atoms with Gasteiger partial charge in [0.15, 0.2) is 0 Å². The monoisotopic (exact) mass is 522 g/mol. The third kappa shape index (κ3) is 3.90. The smallest absolute Gasteiger partial charge is 0.203 e. The number of fused-ring (bicyclic) bond motifs is 1. The van der Waals surface area contributed by atoms with Gasteiger partial charge in [-0.2, -0.15) is 0 Å². The van der Waals surface area contributed by atoms with Crippen LogP contribution in [0, 0.1) is 0 Å². The highest BCUT2D eigenvalue weighted by Gasteiger charge is 2.35. The van der Waals surface area contributed by atoms with Crippen LogP contribution < -0.4 is 0 Å². The van der Waals surface area contributed by atoms with Crippen LogP contribution in [0.2, 0.25) is 0 Å². The molecule has 1 aliphatic heterocycles. The van der Waals surface area contributed by atoms with E-state index in [1.807, 2.05) is 85.8 Å². The van der Waals surface area contributed by atoms with Crippen LogP contribution >= 0.6 is 11.3 Å². The molecule has 0 atom stereocenters. The van der Waals surface area contributed by atoms with Crippen molar-refractivity contribution in [2.75, 3.05) is 0 Å². The summed E-state index contributed by atoms with van der Waals surface area (Å²) in [4.78, 5) is 3.17. The number of sulfone groups is 1. The van der Waals surface area contributed by atoms with Crippen LogP contribution in [0.15, 0.2) is 106 Å². The van der Waals surface area contributed by atoms with Crippen LogP contribution in [0.25, 0.3) is 43.2 Å². The molecule has 0 spiro atoms. The molecule has 3 heterocycles. The molecule has 3 aromatic carbocycles. The Morgan fingerprint density at radius 3 is 2.11 bits per heavy atom. The lowest BCUT2D eigenvalue weighted by atomic mass is 9.96. The van der Waals surface area contributed by atoms with Crippen LogP contribution in [-0.2, 0) is 16.3 Å². The Morgan fingerprint density at radius 1 is 0.784 bits per heavy atom. The van der Waals surface area contributed by atoms with Crippen molar-refractivity contribution in [2.24, 2.45) is 0 Å². The van der Waals surface area contributed by atoms with Gasteiger partial charge >= 0.3 is 0 Å². The van der Waals surface area contributed by atoms with Crippen molar-refractivity contribution >= 4 is 42.6 Å². The lowest BCUT2D eigenvalue weighted by Crippen LogP contribution is -2.02. The number of hydrogen-bond donors (Lipinski definition) is 0. The van der Waals surface area contributed by atoms with Gasteiger partial charge in [0, 0.05) is 31.8 Å². The summed E-state index contributed by atoms with van der Waals surface area (Å²) in [6.07, 6.45) is 3.11. The molecule has 37 heavy (non-hydrogen) atoms. The predicted molar refractivity (Wildman–Crippen MR) is 155 cm³/mol. The van der Waals surface area contributed by atoms with Gasteiger partial charge in [-0.15, -0.1) is 11.3 Å². The largest absolute Gasteiger partial charge is 0.455 e. The Morgan fingerprint density at radius 2 is 1.43 bits per heavy atom. The second-order valence-electron chi connectivity index (χ2n) is 9.04. The minimum absolute atomic E-state index is 0.349. The number of furan rings is 1. The molecule has 0 N–H and O–H groups in total. The molecule has 0 fully saturated rings. The molecule has 3 nitrogen and oxygen atoms in total. The van der Waals surface area contributed by atoms with Gasteiger partial charge in [0.05, 0.1) is 9.81 Å². The molecule has 5 aromatic rings. The van der Waals surface area contributed by atoms with E-state index in [1.54, 1.807) is 11.3 Å². The van der Waals surface area contributed by atoms with Crippen molar-refractivity contribution in [3.63, 3.8) is 0 Å². The molecule has 0 unspecified atom stereocenters. The molecule has 0 radical (unpaired) electrons. The normalized spacial score (nSPS) is 14.9. The van der Waals surface area contributed by atoms with Crippen molar-refractivity contribution in [3.05, 3.63) is 118 Å². The summed E-state index contributed by atoms with van der Waals surface area (Å²) in [6.45, 7) is 4.06. The van der Waals surface area contributed by atoms with Gasteiger partial charge in [0.2, 0.25) is 9.84 Å². The quantitative estimate of drug-likeness (QED) is 0.224. The molecule has 0 bridgehead atoms. The number of para-hydroxylation sites is 1. The van der Waals surface area contributed by atoms with Crippen molar-refractivity contribution in [2.45, 2.75) is 26.7 Å². The van der Waals surface area contributed by atoms with Gasteiger partial charge in [-0.25, -0.2) is 8.42 Å². The van der Waals surface area contributed by atoms with E-state index >= 15 is 0 Å². The topological polar surface area (TPSA) is 47.3 Å². The summed E-state index contributed by atoms with van der Waals surface area (Å²) in [6, 6.07) is 29.8. The lowest BCUT2D eigenvalue weighted by molar-refractivity contribution is 0.611. The van der Waals surface area contributed by atoms with Crippen molar-refractivity contribution in [3.8, 4) is 21.8 Å². The first-order valence-electron chi connectivity index (χ1n) is 12.5. The van der Waals surface area contributed by atoms with E-state index in [0.29, 0.717) is 21.8 Å². The van der Waals surface area contributed by atoms with Gasteiger partial charge in [-0.1, -0.05) is 92.7 Å². The summed E-state index contributed by atoms with van der Waals surface area (Å²) >= 11 is 1.76. The fraction of sp³-hybridized carbons (Fsp3) is 0.125. The van der Waals surface area contributed by atoms with Gasteiger partial charge in [0.25, 0.3) is 0 Å². The molecule has 184 valence electrons. The number of allylic oxidation sites excluding steroid dienone is 3. The Hall–Kier alpha value is -3.67. The van der Waals surface area contributed by atoms with Gasteiger partial charge in [0.1, 0.15) is 11.3 Å². The van der Waals surface area contributed by atoms with Crippen molar-refractivity contribution in [1.29, 1.82) is 0 Å². The zero-order valence-corrected chi connectivity index (χ0v) is 22.3. The minimum Gasteiger partial charge on any atom is -0.455 e. The molecule has 0 aliphatic carbocycles. The Balaban J connectivity index is 1.64. The first-order chi connectivity index (χ1) is 18.0. The third-order valence-corrected chi connectivity index (χ3v) is 10.3. The second kappa shape index (κ2) is 9.33. The van der Waals surface area contributed by atoms with Crippen LogP contribution in [0.4, 0.5) is 0 Å². The highest BCUT2D eigenvalue weighted by Crippen LogP contribution is 2.49. The van der Waals surface area contributed by atoms with E-state index in [4.69, 9.17) is 4.42 Å². The number of aryl methyl sites for hydroxylation is 1. The van der Waals surface area contributed by atoms with Crippen LogP contribution in [0.5, 0.6) is 0 Å². The predicted octanol–water partition coefficient (Wildman–Crippen LogP) is 8.98. The van der Waals surface area contributed by atoms with E-state index in [-0.39, 0.29) is 0 Å². The van der Waals surface area contributed by atoms with E-state index in [0.717, 1.165) is 45.4 Å². The molecule has 0 amide bonds. The van der Waals surface area contributed by atoms with Crippen LogP contribution in [0.1, 0.15) is 36.3 Å².